The number of hydrogen-bond donors (Lipinski definition) is 3. The average Bonchev–Trinajstić information content (AvgIpc) is 1.89. The van der Waals surface area contributed by atoms with Crippen molar-refractivity contribution >= 4 is 35.1 Å². The van der Waals surface area contributed by atoms with Gasteiger partial charge >= 0.3 is 11.9 Å². The van der Waals surface area contributed by atoms with E-state index in [2.05, 4.69) is 5.73 Å². The van der Waals surface area contributed by atoms with Crippen molar-refractivity contribution < 1.29 is 19.8 Å². The van der Waals surface area contributed by atoms with Gasteiger partial charge in [-0.25, -0.2) is 4.79 Å². The number of rotatable bonds is 2. The molecule has 0 fully saturated rings. The van der Waals surface area contributed by atoms with Crippen LogP contribution < -0.4 is 5.73 Å². The van der Waals surface area contributed by atoms with Gasteiger partial charge in [-0.1, -0.05) is 23.2 Å². The van der Waals surface area contributed by atoms with Crippen LogP contribution in [0.4, 0.5) is 0 Å². The molecule has 0 aromatic rings. The summed E-state index contributed by atoms with van der Waals surface area (Å²) in [6.07, 6.45) is 0. The number of nitrogens with two attached hydrogens (primary N) is 1. The molecule has 0 aliphatic rings. The van der Waals surface area contributed by atoms with E-state index in [0.29, 0.717) is 0 Å². The lowest BCUT2D eigenvalue weighted by Gasteiger charge is -1.84. The van der Waals surface area contributed by atoms with Crippen LogP contribution in [0.15, 0.2) is 0 Å². The fourth-order valence-corrected chi connectivity index (χ4v) is 0. The van der Waals surface area contributed by atoms with E-state index in [9.17, 15) is 9.59 Å². The molecular weight excluding hydrogens is 197 g/mol. The molecule has 0 aliphatic carbocycles. The maximum Gasteiger partial charge on any atom is 0.337 e. The zero-order valence-electron chi connectivity index (χ0n) is 5.33. The van der Waals surface area contributed by atoms with Gasteiger partial charge in [0, 0.05) is 0 Å². The lowest BCUT2D eigenvalue weighted by molar-refractivity contribution is -0.136. The molecule has 0 aromatic heterocycles. The summed E-state index contributed by atoms with van der Waals surface area (Å²) in [6.45, 7) is -0.278. The number of carbonyl (C=O) groups is 2. The highest BCUT2D eigenvalue weighted by atomic mass is 35.5. The van der Waals surface area contributed by atoms with Gasteiger partial charge in [-0.3, -0.25) is 4.79 Å². The van der Waals surface area contributed by atoms with E-state index in [0.717, 1.165) is 0 Å². The molecule has 11 heavy (non-hydrogen) atoms. The lowest BCUT2D eigenvalue weighted by Crippen LogP contribution is -2.10. The summed E-state index contributed by atoms with van der Waals surface area (Å²) < 4.78 is 0. The second-order valence-electron chi connectivity index (χ2n) is 1.24. The van der Waals surface area contributed by atoms with E-state index in [4.69, 9.17) is 33.4 Å². The second kappa shape index (κ2) is 7.59. The van der Waals surface area contributed by atoms with Crippen molar-refractivity contribution in [3.63, 3.8) is 0 Å². The van der Waals surface area contributed by atoms with Gasteiger partial charge in [0.2, 0.25) is 4.84 Å². The van der Waals surface area contributed by atoms with Crippen LogP contribution in [0, 0.1) is 0 Å². The van der Waals surface area contributed by atoms with Crippen LogP contribution in [0.25, 0.3) is 0 Å². The zero-order chi connectivity index (χ0) is 9.44. The summed E-state index contributed by atoms with van der Waals surface area (Å²) >= 11 is 9.56. The molecule has 0 unspecified atom stereocenters. The molecule has 0 atom stereocenters. The smallest absolute Gasteiger partial charge is 0.337 e. The Hall–Kier alpha value is -0.520. The largest absolute Gasteiger partial charge is 0.480 e. The van der Waals surface area contributed by atoms with Gasteiger partial charge in [0.25, 0.3) is 0 Å². The van der Waals surface area contributed by atoms with Gasteiger partial charge in [-0.2, -0.15) is 0 Å². The minimum Gasteiger partial charge on any atom is -0.480 e. The highest BCUT2D eigenvalue weighted by molar-refractivity contribution is 6.52. The summed E-state index contributed by atoms with van der Waals surface area (Å²) in [7, 11) is 0. The molecule has 66 valence electrons. The minimum absolute atomic E-state index is 0.278. The Bertz CT molecular complexity index is 138. The second-order valence-corrected chi connectivity index (χ2v) is 2.33. The van der Waals surface area contributed by atoms with E-state index in [-0.39, 0.29) is 6.54 Å². The highest BCUT2D eigenvalue weighted by Crippen LogP contribution is 1.98. The van der Waals surface area contributed by atoms with Crippen LogP contribution >= 0.6 is 23.2 Å². The Morgan fingerprint density at radius 2 is 1.55 bits per heavy atom. The normalized spacial score (nSPS) is 8.36. The van der Waals surface area contributed by atoms with Crippen molar-refractivity contribution in [3.05, 3.63) is 0 Å². The standard InChI is InChI=1S/C2H2Cl2O2.C2H5NO2/c3-1(4)2(5)6;3-1-2(4)5/h1H,(H,5,6);1,3H2,(H,4,5). The molecule has 0 amide bonds. The fourth-order valence-electron chi connectivity index (χ4n) is 0. The van der Waals surface area contributed by atoms with Crippen LogP contribution in [-0.4, -0.2) is 33.5 Å². The van der Waals surface area contributed by atoms with Crippen molar-refractivity contribution in [3.8, 4) is 0 Å². The molecule has 4 N–H and O–H groups in total. The van der Waals surface area contributed by atoms with E-state index in [1.54, 1.807) is 0 Å². The number of aliphatic carboxylic acids is 2. The van der Waals surface area contributed by atoms with E-state index in [1.165, 1.54) is 0 Å². The molecule has 0 rings (SSSR count). The Morgan fingerprint density at radius 1 is 1.36 bits per heavy atom. The number of halogens is 2. The third-order valence-electron chi connectivity index (χ3n) is 0.361. The van der Waals surface area contributed by atoms with Crippen LogP contribution in [0.2, 0.25) is 0 Å². The number of carboxylic acid groups (broad SMARTS) is 2. The fraction of sp³-hybridized carbons (Fsp3) is 0.500. The van der Waals surface area contributed by atoms with Crippen molar-refractivity contribution in [2.24, 2.45) is 5.73 Å². The first-order valence-electron chi connectivity index (χ1n) is 2.34. The maximum absolute atomic E-state index is 9.44. The summed E-state index contributed by atoms with van der Waals surface area (Å²) in [5.41, 5.74) is 4.57. The topological polar surface area (TPSA) is 101 Å². The molecule has 0 saturated heterocycles. The summed E-state index contributed by atoms with van der Waals surface area (Å²) in [6, 6.07) is 0. The SMILES string of the molecule is NCC(=O)O.O=C(O)C(Cl)Cl. The third-order valence-corrected chi connectivity index (χ3v) is 0.735. The first kappa shape index (κ1) is 13.1. The summed E-state index contributed by atoms with van der Waals surface area (Å²) in [5, 5.41) is 15.3. The quantitative estimate of drug-likeness (QED) is 0.545. The molecule has 0 heterocycles. The van der Waals surface area contributed by atoms with E-state index in [1.807, 2.05) is 0 Å². The average molecular weight is 204 g/mol. The van der Waals surface area contributed by atoms with Crippen LogP contribution in [0.5, 0.6) is 0 Å². The number of hydrogen-bond acceptors (Lipinski definition) is 3. The van der Waals surface area contributed by atoms with Crippen LogP contribution in [-0.2, 0) is 9.59 Å². The van der Waals surface area contributed by atoms with Crippen molar-refractivity contribution in [1.29, 1.82) is 0 Å². The van der Waals surface area contributed by atoms with Crippen molar-refractivity contribution in [2.45, 2.75) is 4.84 Å². The Morgan fingerprint density at radius 3 is 1.55 bits per heavy atom. The first-order chi connectivity index (χ1) is 4.91. The Labute approximate surface area is 72.7 Å². The molecular formula is C4H7Cl2NO4. The minimum atomic E-state index is -1.29. The van der Waals surface area contributed by atoms with E-state index >= 15 is 0 Å². The van der Waals surface area contributed by atoms with Gasteiger partial charge in [0.15, 0.2) is 0 Å². The van der Waals surface area contributed by atoms with Crippen LogP contribution in [0.3, 0.4) is 0 Å². The third kappa shape index (κ3) is 17.7. The summed E-state index contributed by atoms with van der Waals surface area (Å²) in [4.78, 5) is 17.4. The van der Waals surface area contributed by atoms with Gasteiger partial charge in [0.05, 0.1) is 6.54 Å². The first-order valence-corrected chi connectivity index (χ1v) is 3.22. The maximum atomic E-state index is 9.44. The number of carboxylic acids is 2. The molecule has 7 heteroatoms. The molecule has 0 saturated carbocycles. The lowest BCUT2D eigenvalue weighted by atomic mass is 10.7. The molecule has 5 nitrogen and oxygen atoms in total. The molecule has 0 aliphatic heterocycles. The molecule has 0 radical (unpaired) electrons. The highest BCUT2D eigenvalue weighted by Gasteiger charge is 2.05. The van der Waals surface area contributed by atoms with Crippen molar-refractivity contribution in [2.75, 3.05) is 6.54 Å². The van der Waals surface area contributed by atoms with Gasteiger partial charge in [-0.15, -0.1) is 0 Å². The number of alkyl halides is 2. The zero-order valence-corrected chi connectivity index (χ0v) is 6.84. The predicted octanol–water partition coefficient (Wildman–Crippen LogP) is -0.0956. The molecule has 0 aromatic carbocycles. The van der Waals surface area contributed by atoms with Crippen LogP contribution in [0.1, 0.15) is 0 Å². The Balaban J connectivity index is 0. The van der Waals surface area contributed by atoms with Gasteiger partial charge < -0.3 is 15.9 Å². The molecule has 0 spiro atoms. The Kier molecular flexibility index (Phi) is 9.03. The van der Waals surface area contributed by atoms with Crippen molar-refractivity contribution in [1.82, 2.24) is 0 Å². The van der Waals surface area contributed by atoms with Gasteiger partial charge in [0.1, 0.15) is 0 Å². The predicted molar refractivity (Wildman–Crippen MR) is 39.8 cm³/mol. The monoisotopic (exact) mass is 203 g/mol. The van der Waals surface area contributed by atoms with Gasteiger partial charge in [-0.05, 0) is 0 Å². The summed E-state index contributed by atoms with van der Waals surface area (Å²) in [5.74, 6) is -2.18. The molecule has 0 bridgehead atoms. The van der Waals surface area contributed by atoms with E-state index < -0.39 is 16.8 Å².